The molecular weight excluding hydrogens is 431 g/mol. The highest BCUT2D eigenvalue weighted by molar-refractivity contribution is 7.07. The van der Waals surface area contributed by atoms with Crippen molar-refractivity contribution in [2.75, 3.05) is 13.7 Å². The first-order valence-corrected chi connectivity index (χ1v) is 10.8. The topological polar surface area (TPSA) is 69.9 Å². The number of hydrogen-bond donors (Lipinski definition) is 0. The van der Waals surface area contributed by atoms with Crippen molar-refractivity contribution in [2.45, 2.75) is 19.9 Å². The summed E-state index contributed by atoms with van der Waals surface area (Å²) in [7, 11) is 1.54. The monoisotopic (exact) mass is 452 g/mol. The molecule has 1 atom stereocenters. The highest BCUT2D eigenvalue weighted by Gasteiger charge is 2.34. The number of thiazole rings is 1. The number of aromatic nitrogens is 1. The van der Waals surface area contributed by atoms with Gasteiger partial charge in [0, 0.05) is 5.56 Å². The molecule has 1 aromatic heterocycles. The molecule has 3 aromatic rings. The van der Waals surface area contributed by atoms with Gasteiger partial charge in [0.2, 0.25) is 0 Å². The van der Waals surface area contributed by atoms with Gasteiger partial charge in [-0.05, 0) is 43.7 Å². The van der Waals surface area contributed by atoms with Gasteiger partial charge in [0.05, 0.1) is 29.5 Å². The van der Waals surface area contributed by atoms with Gasteiger partial charge in [-0.2, -0.15) is 0 Å². The molecule has 0 bridgehead atoms. The maximum Gasteiger partial charge on any atom is 0.338 e. The maximum absolute atomic E-state index is 13.5. The smallest absolute Gasteiger partial charge is 0.338 e. The van der Waals surface area contributed by atoms with Crippen LogP contribution in [0, 0.1) is 5.82 Å². The molecule has 4 rings (SSSR count). The summed E-state index contributed by atoms with van der Waals surface area (Å²) in [5, 5.41) is 0. The summed E-state index contributed by atoms with van der Waals surface area (Å²) in [4.78, 5) is 31.4. The maximum atomic E-state index is 13.5. The van der Waals surface area contributed by atoms with Crippen molar-refractivity contribution in [3.63, 3.8) is 0 Å². The number of fused-ring (bicyclic) bond motifs is 1. The van der Waals surface area contributed by atoms with Crippen LogP contribution in [0.5, 0.6) is 5.75 Å². The molecule has 0 unspecified atom stereocenters. The van der Waals surface area contributed by atoms with Gasteiger partial charge >= 0.3 is 5.97 Å². The molecule has 0 N–H and O–H groups in total. The Hall–Kier alpha value is -3.52. The third kappa shape index (κ3) is 3.89. The van der Waals surface area contributed by atoms with Gasteiger partial charge < -0.3 is 9.47 Å². The predicted molar refractivity (Wildman–Crippen MR) is 120 cm³/mol. The Morgan fingerprint density at radius 1 is 1.22 bits per heavy atom. The highest BCUT2D eigenvalue weighted by Crippen LogP contribution is 2.35. The third-order valence-corrected chi connectivity index (χ3v) is 6.10. The van der Waals surface area contributed by atoms with Gasteiger partial charge in [-0.3, -0.25) is 9.36 Å². The minimum atomic E-state index is -0.753. The van der Waals surface area contributed by atoms with Crippen molar-refractivity contribution in [2.24, 2.45) is 4.99 Å². The molecule has 0 saturated heterocycles. The molecule has 1 aliphatic heterocycles. The van der Waals surface area contributed by atoms with Crippen LogP contribution in [0.3, 0.4) is 0 Å². The average Bonchev–Trinajstić information content (AvgIpc) is 3.09. The van der Waals surface area contributed by atoms with E-state index in [9.17, 15) is 14.0 Å². The van der Waals surface area contributed by atoms with Crippen LogP contribution in [0.4, 0.5) is 4.39 Å². The summed E-state index contributed by atoms with van der Waals surface area (Å²) in [5.41, 5.74) is 1.81. The Labute approximate surface area is 187 Å². The number of hydrogen-bond acceptors (Lipinski definition) is 6. The van der Waals surface area contributed by atoms with Crippen molar-refractivity contribution in [1.29, 1.82) is 0 Å². The number of ether oxygens (including phenoxy) is 2. The van der Waals surface area contributed by atoms with Gasteiger partial charge in [0.25, 0.3) is 5.56 Å². The van der Waals surface area contributed by atoms with Crippen LogP contribution in [-0.2, 0) is 9.53 Å². The number of para-hydroxylation sites is 1. The van der Waals surface area contributed by atoms with E-state index < -0.39 is 12.0 Å². The molecule has 1 aliphatic rings. The Bertz CT molecular complexity index is 1390. The lowest BCUT2D eigenvalue weighted by molar-refractivity contribution is -0.139. The van der Waals surface area contributed by atoms with Gasteiger partial charge in [-0.1, -0.05) is 41.7 Å². The summed E-state index contributed by atoms with van der Waals surface area (Å²) in [6.45, 7) is 3.65. The van der Waals surface area contributed by atoms with Crippen molar-refractivity contribution in [3.05, 3.63) is 96.4 Å². The van der Waals surface area contributed by atoms with Crippen LogP contribution in [0.15, 0.2) is 69.6 Å². The minimum Gasteiger partial charge on any atom is -0.496 e. The molecular formula is C24H21FN2O4S. The molecule has 0 fully saturated rings. The number of rotatable bonds is 5. The lowest BCUT2D eigenvalue weighted by Gasteiger charge is -2.25. The summed E-state index contributed by atoms with van der Waals surface area (Å²) in [5.74, 6) is -0.339. The summed E-state index contributed by atoms with van der Waals surface area (Å²) in [6.07, 6.45) is 1.69. The lowest BCUT2D eigenvalue weighted by Crippen LogP contribution is -2.40. The number of carbonyl (C=O) groups excluding carboxylic acids is 1. The largest absolute Gasteiger partial charge is 0.496 e. The van der Waals surface area contributed by atoms with Crippen molar-refractivity contribution in [1.82, 2.24) is 4.57 Å². The molecule has 0 amide bonds. The Kier molecular flexibility index (Phi) is 6.05. The second-order valence-electron chi connectivity index (χ2n) is 7.10. The standard InChI is InChI=1S/C24H21FN2O4S/c1-4-31-23(29)20-14(2)26-24-27(21(20)17-7-5-6-8-18(17)30-3)22(28)19(32-24)13-15-9-11-16(25)12-10-15/h5-13,21H,4H2,1-3H3/b19-13+/t21-/m1/s1. The van der Waals surface area contributed by atoms with Crippen LogP contribution < -0.4 is 19.6 Å². The first-order valence-electron chi connectivity index (χ1n) is 10.0. The van der Waals surface area contributed by atoms with Crippen molar-refractivity contribution in [3.8, 4) is 5.75 Å². The zero-order chi connectivity index (χ0) is 22.8. The van der Waals surface area contributed by atoms with E-state index in [2.05, 4.69) is 4.99 Å². The van der Waals surface area contributed by atoms with Gasteiger partial charge in [-0.25, -0.2) is 14.2 Å². The van der Waals surface area contributed by atoms with Gasteiger partial charge in [0.1, 0.15) is 17.6 Å². The van der Waals surface area contributed by atoms with Crippen LogP contribution in [-0.4, -0.2) is 24.3 Å². The molecule has 32 heavy (non-hydrogen) atoms. The number of halogens is 1. The summed E-state index contributed by atoms with van der Waals surface area (Å²) >= 11 is 1.21. The fraction of sp³-hybridized carbons (Fsp3) is 0.208. The third-order valence-electron chi connectivity index (χ3n) is 5.12. The molecule has 6 nitrogen and oxygen atoms in total. The van der Waals surface area contributed by atoms with E-state index in [0.717, 1.165) is 0 Å². The SMILES string of the molecule is CCOC(=O)C1=C(C)N=c2s/c(=C/c3ccc(F)cc3)c(=O)n2[C@@H]1c1ccccc1OC. The van der Waals surface area contributed by atoms with E-state index >= 15 is 0 Å². The van der Waals surface area contributed by atoms with Crippen molar-refractivity contribution < 1.29 is 18.7 Å². The van der Waals surface area contributed by atoms with Gasteiger partial charge in [0.15, 0.2) is 4.80 Å². The van der Waals surface area contributed by atoms with Crippen LogP contribution in [0.25, 0.3) is 6.08 Å². The number of benzene rings is 2. The van der Waals surface area contributed by atoms with Crippen molar-refractivity contribution >= 4 is 23.4 Å². The highest BCUT2D eigenvalue weighted by atomic mass is 32.1. The summed E-state index contributed by atoms with van der Waals surface area (Å²) in [6, 6.07) is 12.4. The Morgan fingerprint density at radius 2 is 1.94 bits per heavy atom. The summed E-state index contributed by atoms with van der Waals surface area (Å²) < 4.78 is 26.0. The number of allylic oxidation sites excluding steroid dienone is 1. The van der Waals surface area contributed by atoms with E-state index in [0.29, 0.717) is 31.9 Å². The van der Waals surface area contributed by atoms with E-state index in [4.69, 9.17) is 9.47 Å². The molecule has 2 heterocycles. The molecule has 0 radical (unpaired) electrons. The number of nitrogens with zero attached hydrogens (tertiary/aromatic N) is 2. The fourth-order valence-corrected chi connectivity index (χ4v) is 4.74. The Morgan fingerprint density at radius 3 is 2.62 bits per heavy atom. The molecule has 2 aromatic carbocycles. The van der Waals surface area contributed by atoms with Crippen LogP contribution in [0.1, 0.15) is 31.0 Å². The first-order chi connectivity index (χ1) is 15.4. The van der Waals surface area contributed by atoms with Gasteiger partial charge in [-0.15, -0.1) is 0 Å². The van der Waals surface area contributed by atoms with E-state index in [1.807, 2.05) is 18.2 Å². The fourth-order valence-electron chi connectivity index (χ4n) is 3.69. The number of esters is 1. The minimum absolute atomic E-state index is 0.198. The average molecular weight is 453 g/mol. The zero-order valence-corrected chi connectivity index (χ0v) is 18.6. The molecule has 0 aliphatic carbocycles. The van der Waals surface area contributed by atoms with E-state index in [-0.39, 0.29) is 23.6 Å². The van der Waals surface area contributed by atoms with Crippen LogP contribution >= 0.6 is 11.3 Å². The zero-order valence-electron chi connectivity index (χ0n) is 17.8. The number of carbonyl (C=O) groups is 1. The van der Waals surface area contributed by atoms with Crippen LogP contribution in [0.2, 0.25) is 0 Å². The second kappa shape index (κ2) is 8.92. The van der Waals surface area contributed by atoms with E-state index in [1.165, 1.54) is 35.1 Å². The van der Waals surface area contributed by atoms with E-state index in [1.54, 1.807) is 38.1 Å². The lowest BCUT2D eigenvalue weighted by atomic mass is 9.95. The molecule has 164 valence electrons. The quantitative estimate of drug-likeness (QED) is 0.558. The molecule has 8 heteroatoms. The molecule has 0 saturated carbocycles. The normalized spacial score (nSPS) is 15.9. The number of methoxy groups -OCH3 is 1. The molecule has 0 spiro atoms. The second-order valence-corrected chi connectivity index (χ2v) is 8.10. The first kappa shape index (κ1) is 21.7. The Balaban J connectivity index is 1.98. The predicted octanol–water partition coefficient (Wildman–Crippen LogP) is 2.95.